The fourth-order valence-electron chi connectivity index (χ4n) is 2.54. The summed E-state index contributed by atoms with van der Waals surface area (Å²) >= 11 is 5.39. The molecule has 2 aromatic carbocycles. The lowest BCUT2D eigenvalue weighted by Gasteiger charge is -2.20. The fraction of sp³-hybridized carbons (Fsp3) is 0.176. The zero-order chi connectivity index (χ0) is 13.9. The topological polar surface area (TPSA) is 12.0 Å². The zero-order valence-electron chi connectivity index (χ0n) is 11.3. The molecule has 0 aliphatic carbocycles. The Morgan fingerprint density at radius 2 is 2.00 bits per heavy atom. The Morgan fingerprint density at radius 3 is 2.80 bits per heavy atom. The first-order chi connectivity index (χ1) is 9.79. The fourth-order valence-corrected chi connectivity index (χ4v) is 3.90. The molecule has 0 radical (unpaired) electrons. The van der Waals surface area contributed by atoms with E-state index in [-0.39, 0.29) is 6.04 Å². The monoisotopic (exact) mass is 345 g/mol. The van der Waals surface area contributed by atoms with Crippen molar-refractivity contribution in [3.8, 4) is 0 Å². The first kappa shape index (κ1) is 13.8. The number of fused-ring (bicyclic) bond motifs is 1. The average molecular weight is 346 g/mol. The molecule has 1 nitrogen and oxygen atoms in total. The van der Waals surface area contributed by atoms with Crippen LogP contribution in [-0.2, 0) is 0 Å². The molecule has 0 bridgehead atoms. The lowest BCUT2D eigenvalue weighted by Crippen LogP contribution is -2.22. The molecule has 1 aromatic heterocycles. The van der Waals surface area contributed by atoms with E-state index in [1.165, 1.54) is 21.2 Å². The van der Waals surface area contributed by atoms with Crippen molar-refractivity contribution in [1.29, 1.82) is 0 Å². The van der Waals surface area contributed by atoms with E-state index >= 15 is 0 Å². The van der Waals surface area contributed by atoms with Gasteiger partial charge in [-0.05, 0) is 46.6 Å². The van der Waals surface area contributed by atoms with Crippen molar-refractivity contribution in [2.24, 2.45) is 0 Å². The number of hydrogen-bond acceptors (Lipinski definition) is 2. The van der Waals surface area contributed by atoms with Gasteiger partial charge in [0.1, 0.15) is 0 Å². The third-order valence-electron chi connectivity index (χ3n) is 3.41. The molecule has 3 aromatic rings. The van der Waals surface area contributed by atoms with Crippen LogP contribution in [0.2, 0.25) is 0 Å². The van der Waals surface area contributed by atoms with E-state index in [0.717, 1.165) is 11.0 Å². The second-order valence-corrected chi connectivity index (χ2v) is 6.56. The van der Waals surface area contributed by atoms with Crippen LogP contribution in [0.4, 0.5) is 0 Å². The largest absolute Gasteiger partial charge is 0.306 e. The van der Waals surface area contributed by atoms with Gasteiger partial charge in [0.25, 0.3) is 0 Å². The van der Waals surface area contributed by atoms with E-state index in [1.54, 1.807) is 0 Å². The van der Waals surface area contributed by atoms with E-state index in [2.05, 4.69) is 82.1 Å². The van der Waals surface area contributed by atoms with Crippen LogP contribution < -0.4 is 5.32 Å². The minimum absolute atomic E-state index is 0.236. The van der Waals surface area contributed by atoms with Gasteiger partial charge >= 0.3 is 0 Å². The molecule has 102 valence electrons. The molecule has 0 saturated carbocycles. The molecule has 1 atom stereocenters. The summed E-state index contributed by atoms with van der Waals surface area (Å²) in [7, 11) is 0. The minimum atomic E-state index is 0.236. The molecule has 1 N–H and O–H groups in total. The molecule has 0 aliphatic rings. The predicted octanol–water partition coefficient (Wildman–Crippen LogP) is 5.36. The molecule has 0 amide bonds. The Balaban J connectivity index is 2.13. The number of nitrogens with one attached hydrogen (secondary N) is 1. The zero-order valence-corrected chi connectivity index (χ0v) is 13.7. The predicted molar refractivity (Wildman–Crippen MR) is 91.5 cm³/mol. The van der Waals surface area contributed by atoms with Crippen LogP contribution in [0.5, 0.6) is 0 Å². The highest BCUT2D eigenvalue weighted by molar-refractivity contribution is 9.10. The molecule has 0 aliphatic heterocycles. The Labute approximate surface area is 131 Å². The van der Waals surface area contributed by atoms with E-state index in [1.807, 2.05) is 11.3 Å². The van der Waals surface area contributed by atoms with Crippen molar-refractivity contribution in [3.63, 3.8) is 0 Å². The molecule has 3 heteroatoms. The van der Waals surface area contributed by atoms with E-state index in [0.29, 0.717) is 0 Å². The summed E-state index contributed by atoms with van der Waals surface area (Å²) in [5, 5.41) is 7.10. The molecule has 0 fully saturated rings. The second-order valence-electron chi connectivity index (χ2n) is 4.73. The van der Waals surface area contributed by atoms with Crippen molar-refractivity contribution in [2.45, 2.75) is 13.0 Å². The maximum Gasteiger partial charge on any atom is 0.0591 e. The Kier molecular flexibility index (Phi) is 4.20. The van der Waals surface area contributed by atoms with Crippen LogP contribution in [-0.4, -0.2) is 6.54 Å². The van der Waals surface area contributed by atoms with Crippen LogP contribution >= 0.6 is 27.3 Å². The van der Waals surface area contributed by atoms with E-state index < -0.39 is 0 Å². The summed E-state index contributed by atoms with van der Waals surface area (Å²) in [5.41, 5.74) is 2.65. The van der Waals surface area contributed by atoms with Crippen LogP contribution in [0.15, 0.2) is 58.4 Å². The number of rotatable bonds is 4. The number of halogens is 1. The second kappa shape index (κ2) is 6.08. The highest BCUT2D eigenvalue weighted by Gasteiger charge is 2.16. The van der Waals surface area contributed by atoms with Crippen LogP contribution in [0.25, 0.3) is 10.1 Å². The summed E-state index contributed by atoms with van der Waals surface area (Å²) in [5.74, 6) is 0. The molecule has 0 spiro atoms. The summed E-state index contributed by atoms with van der Waals surface area (Å²) < 4.78 is 2.50. The Morgan fingerprint density at radius 1 is 1.15 bits per heavy atom. The van der Waals surface area contributed by atoms with Crippen molar-refractivity contribution >= 4 is 37.4 Å². The lowest BCUT2D eigenvalue weighted by atomic mass is 9.98. The van der Waals surface area contributed by atoms with Crippen molar-refractivity contribution in [1.82, 2.24) is 5.32 Å². The first-order valence-corrected chi connectivity index (χ1v) is 8.42. The molecule has 1 heterocycles. The van der Waals surface area contributed by atoms with Crippen LogP contribution in [0, 0.1) is 0 Å². The molecule has 0 saturated heterocycles. The van der Waals surface area contributed by atoms with Gasteiger partial charge in [-0.2, -0.15) is 0 Å². The summed E-state index contributed by atoms with van der Waals surface area (Å²) in [6.45, 7) is 3.10. The van der Waals surface area contributed by atoms with Crippen molar-refractivity contribution in [3.05, 3.63) is 69.5 Å². The molecule has 20 heavy (non-hydrogen) atoms. The average Bonchev–Trinajstić information content (AvgIpc) is 2.93. The van der Waals surface area contributed by atoms with Gasteiger partial charge in [-0.1, -0.05) is 53.2 Å². The quantitative estimate of drug-likeness (QED) is 0.670. The van der Waals surface area contributed by atoms with E-state index in [9.17, 15) is 0 Å². The van der Waals surface area contributed by atoms with Gasteiger partial charge in [-0.3, -0.25) is 0 Å². The van der Waals surface area contributed by atoms with Gasteiger partial charge in [0.15, 0.2) is 0 Å². The minimum Gasteiger partial charge on any atom is -0.306 e. The van der Waals surface area contributed by atoms with Crippen molar-refractivity contribution < 1.29 is 0 Å². The van der Waals surface area contributed by atoms with Gasteiger partial charge in [0.2, 0.25) is 0 Å². The number of thiophene rings is 1. The van der Waals surface area contributed by atoms with Crippen LogP contribution in [0.3, 0.4) is 0 Å². The highest BCUT2D eigenvalue weighted by Crippen LogP contribution is 2.33. The van der Waals surface area contributed by atoms with Gasteiger partial charge in [-0.15, -0.1) is 11.3 Å². The van der Waals surface area contributed by atoms with Gasteiger partial charge in [-0.25, -0.2) is 0 Å². The molecular weight excluding hydrogens is 330 g/mol. The third-order valence-corrected chi connectivity index (χ3v) is 4.88. The highest BCUT2D eigenvalue weighted by atomic mass is 79.9. The SMILES string of the molecule is CCNC(c1cccc(Br)c1)c1cccc2ccsc12. The summed E-state index contributed by atoms with van der Waals surface area (Å²) in [6, 6.07) is 17.5. The first-order valence-electron chi connectivity index (χ1n) is 6.74. The lowest BCUT2D eigenvalue weighted by molar-refractivity contribution is 0.635. The van der Waals surface area contributed by atoms with Gasteiger partial charge in [0, 0.05) is 9.17 Å². The Bertz CT molecular complexity index is 720. The summed E-state index contributed by atoms with van der Waals surface area (Å²) in [4.78, 5) is 0. The molecule has 1 unspecified atom stereocenters. The van der Waals surface area contributed by atoms with Gasteiger partial charge < -0.3 is 5.32 Å². The van der Waals surface area contributed by atoms with E-state index in [4.69, 9.17) is 0 Å². The Hall–Kier alpha value is -1.16. The smallest absolute Gasteiger partial charge is 0.0591 e. The summed E-state index contributed by atoms with van der Waals surface area (Å²) in [6.07, 6.45) is 0. The van der Waals surface area contributed by atoms with Gasteiger partial charge in [0.05, 0.1) is 6.04 Å². The number of hydrogen-bond donors (Lipinski definition) is 1. The number of benzene rings is 2. The maximum absolute atomic E-state index is 3.61. The normalized spacial score (nSPS) is 12.7. The third kappa shape index (κ3) is 2.66. The molecular formula is C17H16BrNS. The van der Waals surface area contributed by atoms with Crippen LogP contribution in [0.1, 0.15) is 24.1 Å². The van der Waals surface area contributed by atoms with Crippen molar-refractivity contribution in [2.75, 3.05) is 6.54 Å². The maximum atomic E-state index is 3.61. The standard InChI is InChI=1S/C17H16BrNS/c1-2-19-16(13-6-3-7-14(18)11-13)15-8-4-5-12-9-10-20-17(12)15/h3-11,16,19H,2H2,1H3. The molecule has 3 rings (SSSR count).